The van der Waals surface area contributed by atoms with Gasteiger partial charge in [-0.3, -0.25) is 9.52 Å². The number of benzene rings is 3. The summed E-state index contributed by atoms with van der Waals surface area (Å²) < 4.78 is 54.3. The number of nitrogens with one attached hydrogen (secondary N) is 1. The molecule has 0 saturated carbocycles. The highest BCUT2D eigenvalue weighted by molar-refractivity contribution is 7.92. The van der Waals surface area contributed by atoms with Crippen LogP contribution in [0, 0.1) is 6.92 Å². The number of sulfone groups is 1. The van der Waals surface area contributed by atoms with Gasteiger partial charge in [-0.25, -0.2) is 16.8 Å². The number of sulfonamides is 1. The van der Waals surface area contributed by atoms with Gasteiger partial charge >= 0.3 is 0 Å². The summed E-state index contributed by atoms with van der Waals surface area (Å²) in [6.07, 6.45) is 2.79. The highest BCUT2D eigenvalue weighted by Gasteiger charge is 2.16. The molecule has 1 amide bonds. The molecule has 0 atom stereocenters. The van der Waals surface area contributed by atoms with E-state index in [1.165, 1.54) is 35.6 Å². The zero-order valence-electron chi connectivity index (χ0n) is 19.5. The Balaban J connectivity index is 1.70. The van der Waals surface area contributed by atoms with E-state index in [-0.39, 0.29) is 21.0 Å². The summed E-state index contributed by atoms with van der Waals surface area (Å²) in [6, 6.07) is 17.3. The van der Waals surface area contributed by atoms with Gasteiger partial charge in [0.25, 0.3) is 15.9 Å². The van der Waals surface area contributed by atoms with Crippen molar-refractivity contribution in [3.8, 4) is 0 Å². The van der Waals surface area contributed by atoms with Crippen LogP contribution >= 0.6 is 11.3 Å². The van der Waals surface area contributed by atoms with E-state index < -0.39 is 25.8 Å². The van der Waals surface area contributed by atoms with Crippen molar-refractivity contribution in [2.75, 3.05) is 11.0 Å². The number of anilines is 1. The number of aryl methyl sites for hydroxylation is 1. The Labute approximate surface area is 213 Å². The zero-order chi connectivity index (χ0) is 26.1. The highest BCUT2D eigenvalue weighted by atomic mass is 32.2. The molecule has 11 heteroatoms. The first-order valence-electron chi connectivity index (χ1n) is 10.7. The Morgan fingerprint density at radius 1 is 1.03 bits per heavy atom. The molecule has 4 aromatic rings. The minimum absolute atomic E-state index is 0.110. The number of nitrogens with zero attached hydrogens (tertiary/aromatic N) is 2. The summed E-state index contributed by atoms with van der Waals surface area (Å²) >= 11 is 1.18. The predicted octanol–water partition coefficient (Wildman–Crippen LogP) is 4.14. The van der Waals surface area contributed by atoms with Crippen molar-refractivity contribution in [3.05, 3.63) is 95.3 Å². The van der Waals surface area contributed by atoms with E-state index in [0.29, 0.717) is 16.0 Å². The molecule has 1 heterocycles. The topological polar surface area (TPSA) is 115 Å². The third-order valence-electron chi connectivity index (χ3n) is 5.28. The molecule has 0 spiro atoms. The monoisotopic (exact) mass is 541 g/mol. The largest absolute Gasteiger partial charge is 0.312 e. The van der Waals surface area contributed by atoms with Gasteiger partial charge in [-0.05, 0) is 55.5 Å². The van der Waals surface area contributed by atoms with Crippen LogP contribution in [0.5, 0.6) is 0 Å². The molecule has 3 aromatic carbocycles. The third-order valence-corrected chi connectivity index (χ3v) is 8.83. The fourth-order valence-corrected chi connectivity index (χ4v) is 6.32. The Kier molecular flexibility index (Phi) is 6.98. The number of thiazole rings is 1. The van der Waals surface area contributed by atoms with Gasteiger partial charge in [0.2, 0.25) is 0 Å². The van der Waals surface area contributed by atoms with Gasteiger partial charge < -0.3 is 4.57 Å². The summed E-state index contributed by atoms with van der Waals surface area (Å²) in [5.74, 6) is -0.570. The van der Waals surface area contributed by atoms with Crippen LogP contribution in [0.4, 0.5) is 5.69 Å². The first-order valence-corrected chi connectivity index (χ1v) is 14.9. The summed E-state index contributed by atoms with van der Waals surface area (Å²) in [5.41, 5.74) is 2.08. The molecule has 0 fully saturated rings. The van der Waals surface area contributed by atoms with Crippen molar-refractivity contribution >= 4 is 53.0 Å². The van der Waals surface area contributed by atoms with Gasteiger partial charge in [0.05, 0.1) is 20.0 Å². The average Bonchev–Trinajstić information content (AvgIpc) is 3.15. The molecule has 0 aliphatic carbocycles. The van der Waals surface area contributed by atoms with Crippen molar-refractivity contribution in [1.82, 2.24) is 4.57 Å². The van der Waals surface area contributed by atoms with Crippen molar-refractivity contribution in [2.24, 2.45) is 4.99 Å². The molecule has 8 nitrogen and oxygen atoms in total. The summed E-state index contributed by atoms with van der Waals surface area (Å²) in [4.78, 5) is 17.9. The fourth-order valence-electron chi connectivity index (χ4n) is 3.47. The first-order chi connectivity index (χ1) is 17.0. The number of amides is 1. The van der Waals surface area contributed by atoms with E-state index in [0.717, 1.165) is 17.3 Å². The number of allylic oxidation sites excluding steroid dienone is 1. The molecule has 0 saturated heterocycles. The molecule has 0 unspecified atom stereocenters. The van der Waals surface area contributed by atoms with E-state index in [1.54, 1.807) is 53.1 Å². The van der Waals surface area contributed by atoms with Crippen LogP contribution in [0.3, 0.4) is 0 Å². The lowest BCUT2D eigenvalue weighted by atomic mass is 10.2. The molecule has 1 aromatic heterocycles. The Bertz CT molecular complexity index is 1770. The van der Waals surface area contributed by atoms with Crippen LogP contribution in [-0.4, -0.2) is 33.6 Å². The highest BCUT2D eigenvalue weighted by Crippen LogP contribution is 2.23. The molecule has 186 valence electrons. The van der Waals surface area contributed by atoms with Gasteiger partial charge in [0.15, 0.2) is 14.6 Å². The molecule has 0 aliphatic heterocycles. The third kappa shape index (κ3) is 5.48. The number of fused-ring (bicyclic) bond motifs is 1. The SMILES string of the molecule is C=CCn1c(=NC(=O)c2cccc(NS(=O)(=O)c3ccc(C)cc3)c2)sc2cc(S(C)(=O)=O)ccc21. The van der Waals surface area contributed by atoms with Crippen LogP contribution in [0.1, 0.15) is 15.9 Å². The van der Waals surface area contributed by atoms with E-state index in [2.05, 4.69) is 16.3 Å². The van der Waals surface area contributed by atoms with Crippen molar-refractivity contribution < 1.29 is 21.6 Å². The second kappa shape index (κ2) is 9.84. The van der Waals surface area contributed by atoms with Crippen LogP contribution in [0.2, 0.25) is 0 Å². The molecule has 4 rings (SSSR count). The Morgan fingerprint density at radius 2 is 1.72 bits per heavy atom. The molecule has 0 bridgehead atoms. The predicted molar refractivity (Wildman–Crippen MR) is 141 cm³/mol. The number of hydrogen-bond donors (Lipinski definition) is 1. The lowest BCUT2D eigenvalue weighted by Gasteiger charge is -2.09. The first kappa shape index (κ1) is 25.5. The number of carbonyl (C=O) groups excluding carboxylic acids is 1. The van der Waals surface area contributed by atoms with Gasteiger partial charge in [-0.1, -0.05) is 41.2 Å². The van der Waals surface area contributed by atoms with Crippen molar-refractivity contribution in [2.45, 2.75) is 23.3 Å². The van der Waals surface area contributed by atoms with Crippen LogP contribution in [-0.2, 0) is 26.4 Å². The number of hydrogen-bond acceptors (Lipinski definition) is 6. The maximum atomic E-state index is 13.0. The summed E-state index contributed by atoms with van der Waals surface area (Å²) in [7, 11) is -7.23. The fraction of sp³-hybridized carbons (Fsp3) is 0.120. The molecule has 0 radical (unpaired) electrons. The van der Waals surface area contributed by atoms with Gasteiger partial charge in [0, 0.05) is 24.1 Å². The van der Waals surface area contributed by atoms with E-state index in [9.17, 15) is 21.6 Å². The minimum Gasteiger partial charge on any atom is -0.312 e. The summed E-state index contributed by atoms with van der Waals surface area (Å²) in [5, 5.41) is 0. The second-order valence-electron chi connectivity index (χ2n) is 8.10. The molecular formula is C25H23N3O5S3. The van der Waals surface area contributed by atoms with Crippen molar-refractivity contribution in [3.63, 3.8) is 0 Å². The normalized spacial score (nSPS) is 12.6. The summed E-state index contributed by atoms with van der Waals surface area (Å²) in [6.45, 7) is 5.97. The number of carbonyl (C=O) groups is 1. The van der Waals surface area contributed by atoms with Gasteiger partial charge in [-0.15, -0.1) is 6.58 Å². The van der Waals surface area contributed by atoms with Crippen molar-refractivity contribution in [1.29, 1.82) is 0 Å². The average molecular weight is 542 g/mol. The van der Waals surface area contributed by atoms with Gasteiger partial charge in [0.1, 0.15) is 0 Å². The zero-order valence-corrected chi connectivity index (χ0v) is 22.0. The van der Waals surface area contributed by atoms with E-state index >= 15 is 0 Å². The van der Waals surface area contributed by atoms with Gasteiger partial charge in [-0.2, -0.15) is 4.99 Å². The lowest BCUT2D eigenvalue weighted by Crippen LogP contribution is -2.16. The lowest BCUT2D eigenvalue weighted by molar-refractivity contribution is 0.0998. The van der Waals surface area contributed by atoms with E-state index in [1.807, 2.05) is 6.92 Å². The minimum atomic E-state index is -3.83. The van der Waals surface area contributed by atoms with Crippen LogP contribution < -0.4 is 9.52 Å². The number of aromatic nitrogens is 1. The molecular weight excluding hydrogens is 518 g/mol. The quantitative estimate of drug-likeness (QED) is 0.353. The van der Waals surface area contributed by atoms with Crippen LogP contribution in [0.25, 0.3) is 10.2 Å². The second-order valence-corrected chi connectivity index (χ2v) is 12.8. The molecule has 1 N–H and O–H groups in total. The number of rotatable bonds is 7. The maximum Gasteiger partial charge on any atom is 0.279 e. The molecule has 36 heavy (non-hydrogen) atoms. The standard InChI is InChI=1S/C25H23N3O5S3/c1-4-14-28-22-13-12-21(35(3,30)31)16-23(22)34-25(28)26-24(29)18-6-5-7-19(15-18)27-36(32,33)20-10-8-17(2)9-11-20/h4-13,15-16,27H,1,14H2,2-3H3. The molecule has 0 aliphatic rings. The van der Waals surface area contributed by atoms with E-state index in [4.69, 9.17) is 0 Å². The Hall–Kier alpha value is -3.54. The Morgan fingerprint density at radius 3 is 2.39 bits per heavy atom. The smallest absolute Gasteiger partial charge is 0.279 e. The maximum absolute atomic E-state index is 13.0. The van der Waals surface area contributed by atoms with Crippen LogP contribution in [0.15, 0.2) is 94.2 Å².